The predicted molar refractivity (Wildman–Crippen MR) is 67.4 cm³/mol. The van der Waals surface area contributed by atoms with Crippen LogP contribution in [0.3, 0.4) is 0 Å². The third kappa shape index (κ3) is 2.58. The summed E-state index contributed by atoms with van der Waals surface area (Å²) in [4.78, 5) is 0. The molecule has 0 atom stereocenters. The first-order valence-corrected chi connectivity index (χ1v) is 5.77. The summed E-state index contributed by atoms with van der Waals surface area (Å²) >= 11 is 0. The first-order chi connectivity index (χ1) is 8.74. The van der Waals surface area contributed by atoms with E-state index in [-0.39, 0.29) is 5.56 Å². The zero-order chi connectivity index (χ0) is 13.0. The Hall–Kier alpha value is -2.12. The second kappa shape index (κ2) is 5.48. The lowest BCUT2D eigenvalue weighted by Crippen LogP contribution is -2.09. The number of halogens is 1. The van der Waals surface area contributed by atoms with Crippen LogP contribution < -0.4 is 5.73 Å². The van der Waals surface area contributed by atoms with Crippen molar-refractivity contribution in [2.45, 2.75) is 13.0 Å². The van der Waals surface area contributed by atoms with Crippen molar-refractivity contribution in [3.05, 3.63) is 59.2 Å². The molecule has 92 valence electrons. The molecule has 2 N–H and O–H groups in total. The Bertz CT molecular complexity index is 581. The zero-order valence-electron chi connectivity index (χ0n) is 9.94. The van der Waals surface area contributed by atoms with Gasteiger partial charge in [0.15, 0.2) is 0 Å². The Morgan fingerprint density at radius 1 is 1.33 bits per heavy atom. The van der Waals surface area contributed by atoms with Crippen LogP contribution in [-0.2, 0) is 13.0 Å². The Morgan fingerprint density at radius 3 is 2.89 bits per heavy atom. The number of hydrogen-bond acceptors (Lipinski definition) is 2. The average molecular weight is 243 g/mol. The van der Waals surface area contributed by atoms with Gasteiger partial charge in [0.1, 0.15) is 11.9 Å². The lowest BCUT2D eigenvalue weighted by Gasteiger charge is -2.09. The predicted octanol–water partition coefficient (Wildman–Crippen LogP) is 2.05. The molecule has 4 heteroatoms. The Labute approximate surface area is 105 Å². The first-order valence-electron chi connectivity index (χ1n) is 5.77. The Morgan fingerprint density at radius 2 is 2.17 bits per heavy atom. The first kappa shape index (κ1) is 12.3. The largest absolute Gasteiger partial charge is 0.347 e. The summed E-state index contributed by atoms with van der Waals surface area (Å²) in [7, 11) is 0. The van der Waals surface area contributed by atoms with E-state index in [9.17, 15) is 4.39 Å². The van der Waals surface area contributed by atoms with Crippen molar-refractivity contribution in [3.63, 3.8) is 0 Å². The van der Waals surface area contributed by atoms with E-state index in [1.165, 1.54) is 6.07 Å². The molecular formula is C14H14FN3. The minimum absolute atomic E-state index is 0.0834. The molecular weight excluding hydrogens is 229 g/mol. The molecule has 0 bridgehead atoms. The van der Waals surface area contributed by atoms with Crippen LogP contribution in [0.1, 0.15) is 16.8 Å². The van der Waals surface area contributed by atoms with Crippen LogP contribution in [0.15, 0.2) is 36.5 Å². The third-order valence-electron chi connectivity index (χ3n) is 2.83. The quantitative estimate of drug-likeness (QED) is 0.893. The molecule has 3 nitrogen and oxygen atoms in total. The van der Waals surface area contributed by atoms with Gasteiger partial charge in [-0.2, -0.15) is 5.26 Å². The number of nitrogens with two attached hydrogens (primary N) is 1. The van der Waals surface area contributed by atoms with Gasteiger partial charge >= 0.3 is 0 Å². The van der Waals surface area contributed by atoms with Crippen molar-refractivity contribution in [3.8, 4) is 6.07 Å². The van der Waals surface area contributed by atoms with Gasteiger partial charge in [-0.05, 0) is 42.8 Å². The van der Waals surface area contributed by atoms with E-state index < -0.39 is 5.82 Å². The molecule has 0 radical (unpaired) electrons. The number of hydrogen-bond donors (Lipinski definition) is 1. The maximum atomic E-state index is 13.2. The summed E-state index contributed by atoms with van der Waals surface area (Å²) in [5.74, 6) is -0.476. The van der Waals surface area contributed by atoms with E-state index in [4.69, 9.17) is 11.0 Å². The standard InChI is InChI=1S/C14H14FN3/c15-14-4-3-11(8-12(14)9-17)10-18-7-1-2-13(18)5-6-16/h1-4,7-8H,5-6,10,16H2. The van der Waals surface area contributed by atoms with Crippen molar-refractivity contribution in [2.24, 2.45) is 5.73 Å². The van der Waals surface area contributed by atoms with Crippen LogP contribution in [0, 0.1) is 17.1 Å². The molecule has 0 unspecified atom stereocenters. The molecule has 0 aliphatic rings. The maximum absolute atomic E-state index is 13.2. The second-order valence-electron chi connectivity index (χ2n) is 4.09. The fourth-order valence-corrected chi connectivity index (χ4v) is 1.93. The van der Waals surface area contributed by atoms with E-state index in [1.807, 2.05) is 24.4 Å². The van der Waals surface area contributed by atoms with Crippen LogP contribution in [0.5, 0.6) is 0 Å². The highest BCUT2D eigenvalue weighted by Gasteiger charge is 2.05. The average Bonchev–Trinajstić information content (AvgIpc) is 2.80. The third-order valence-corrected chi connectivity index (χ3v) is 2.83. The minimum Gasteiger partial charge on any atom is -0.347 e. The molecule has 0 fully saturated rings. The van der Waals surface area contributed by atoms with Gasteiger partial charge in [-0.15, -0.1) is 0 Å². The SMILES string of the molecule is N#Cc1cc(Cn2cccc2CCN)ccc1F. The van der Waals surface area contributed by atoms with E-state index >= 15 is 0 Å². The van der Waals surface area contributed by atoms with Gasteiger partial charge in [0.25, 0.3) is 0 Å². The summed E-state index contributed by atoms with van der Waals surface area (Å²) < 4.78 is 15.3. The summed E-state index contributed by atoms with van der Waals surface area (Å²) in [5.41, 5.74) is 7.67. The monoisotopic (exact) mass is 243 g/mol. The number of rotatable bonds is 4. The molecule has 0 saturated carbocycles. The highest BCUT2D eigenvalue weighted by Crippen LogP contribution is 2.13. The summed E-state index contributed by atoms with van der Waals surface area (Å²) in [5, 5.41) is 8.79. The zero-order valence-corrected chi connectivity index (χ0v) is 9.94. The van der Waals surface area contributed by atoms with Gasteiger partial charge in [0.05, 0.1) is 5.56 Å². The van der Waals surface area contributed by atoms with E-state index in [0.29, 0.717) is 13.1 Å². The van der Waals surface area contributed by atoms with Gasteiger partial charge in [-0.3, -0.25) is 0 Å². The molecule has 0 amide bonds. The van der Waals surface area contributed by atoms with E-state index in [0.717, 1.165) is 17.7 Å². The summed E-state index contributed by atoms with van der Waals surface area (Å²) in [6, 6.07) is 10.4. The molecule has 0 aliphatic heterocycles. The molecule has 1 aromatic heterocycles. The highest BCUT2D eigenvalue weighted by atomic mass is 19.1. The van der Waals surface area contributed by atoms with Gasteiger partial charge in [0, 0.05) is 18.4 Å². The highest BCUT2D eigenvalue weighted by molar-refractivity contribution is 5.34. The molecule has 2 aromatic rings. The maximum Gasteiger partial charge on any atom is 0.140 e. The van der Waals surface area contributed by atoms with Crippen molar-refractivity contribution in [2.75, 3.05) is 6.54 Å². The van der Waals surface area contributed by atoms with Crippen molar-refractivity contribution >= 4 is 0 Å². The molecule has 1 aromatic carbocycles. The molecule has 1 heterocycles. The number of benzene rings is 1. The second-order valence-corrected chi connectivity index (χ2v) is 4.09. The summed E-state index contributed by atoms with van der Waals surface area (Å²) in [6.07, 6.45) is 2.76. The fraction of sp³-hybridized carbons (Fsp3) is 0.214. The molecule has 0 aliphatic carbocycles. The fourth-order valence-electron chi connectivity index (χ4n) is 1.93. The topological polar surface area (TPSA) is 54.7 Å². The normalized spacial score (nSPS) is 10.3. The van der Waals surface area contributed by atoms with Crippen LogP contribution in [0.25, 0.3) is 0 Å². The molecule has 0 saturated heterocycles. The van der Waals surface area contributed by atoms with Crippen LogP contribution in [0.4, 0.5) is 4.39 Å². The van der Waals surface area contributed by atoms with Crippen molar-refractivity contribution in [1.29, 1.82) is 5.26 Å². The van der Waals surface area contributed by atoms with Gasteiger partial charge < -0.3 is 10.3 Å². The van der Waals surface area contributed by atoms with Gasteiger partial charge in [-0.1, -0.05) is 6.07 Å². The van der Waals surface area contributed by atoms with Gasteiger partial charge in [-0.25, -0.2) is 4.39 Å². The number of nitrogens with zero attached hydrogens (tertiary/aromatic N) is 2. The van der Waals surface area contributed by atoms with E-state index in [2.05, 4.69) is 4.57 Å². The van der Waals surface area contributed by atoms with Crippen molar-refractivity contribution in [1.82, 2.24) is 4.57 Å². The minimum atomic E-state index is -0.476. The molecule has 18 heavy (non-hydrogen) atoms. The molecule has 0 spiro atoms. The lowest BCUT2D eigenvalue weighted by molar-refractivity contribution is 0.622. The van der Waals surface area contributed by atoms with Crippen LogP contribution in [0.2, 0.25) is 0 Å². The smallest absolute Gasteiger partial charge is 0.140 e. The van der Waals surface area contributed by atoms with Gasteiger partial charge in [0.2, 0.25) is 0 Å². The Kier molecular flexibility index (Phi) is 3.75. The van der Waals surface area contributed by atoms with Crippen LogP contribution in [-0.4, -0.2) is 11.1 Å². The molecule has 2 rings (SSSR count). The lowest BCUT2D eigenvalue weighted by atomic mass is 10.1. The van der Waals surface area contributed by atoms with Crippen LogP contribution >= 0.6 is 0 Å². The number of nitriles is 1. The van der Waals surface area contributed by atoms with E-state index in [1.54, 1.807) is 12.1 Å². The number of aromatic nitrogens is 1. The Balaban J connectivity index is 2.23. The van der Waals surface area contributed by atoms with Crippen molar-refractivity contribution < 1.29 is 4.39 Å². The summed E-state index contributed by atoms with van der Waals surface area (Å²) in [6.45, 7) is 1.22.